The largest absolute Gasteiger partial charge is 0.474 e. The van der Waals surface area contributed by atoms with Crippen molar-refractivity contribution in [1.82, 2.24) is 10.3 Å². The summed E-state index contributed by atoms with van der Waals surface area (Å²) in [5.74, 6) is -0.854. The molecule has 0 saturated carbocycles. The number of carbonyl (C=O) groups excluding carboxylic acids is 2. The second-order valence-corrected chi connectivity index (χ2v) is 6.17. The molecule has 1 aromatic rings. The number of hydrogen-bond acceptors (Lipinski definition) is 8. The summed E-state index contributed by atoms with van der Waals surface area (Å²) in [7, 11) is 1.25. The number of anilines is 1. The van der Waals surface area contributed by atoms with E-state index in [0.29, 0.717) is 0 Å². The highest BCUT2D eigenvalue weighted by atomic mass is 16.6. The van der Waals surface area contributed by atoms with Gasteiger partial charge in [0.2, 0.25) is 18.2 Å². The third kappa shape index (κ3) is 4.63. The van der Waals surface area contributed by atoms with Crippen LogP contribution in [-0.2, 0) is 14.3 Å². The second kappa shape index (κ2) is 7.12. The summed E-state index contributed by atoms with van der Waals surface area (Å²) < 4.78 is 15.4. The van der Waals surface area contributed by atoms with Crippen LogP contribution in [0.4, 0.5) is 5.69 Å². The van der Waals surface area contributed by atoms with Crippen LogP contribution in [0.2, 0.25) is 0 Å². The molecule has 0 aliphatic carbocycles. The molecule has 1 amide bonds. The fraction of sp³-hybridized carbons (Fsp3) is 0.533. The van der Waals surface area contributed by atoms with Crippen molar-refractivity contribution >= 4 is 17.6 Å². The molecule has 2 atom stereocenters. The SMILES string of the molecule is COC(=O)c1cnc2c(c1)NC(=O)[C@@H](NC(O)OC(C)(C)C)CO2. The van der Waals surface area contributed by atoms with Gasteiger partial charge >= 0.3 is 5.97 Å². The molecule has 0 saturated heterocycles. The van der Waals surface area contributed by atoms with Gasteiger partial charge in [-0.15, -0.1) is 0 Å². The van der Waals surface area contributed by atoms with E-state index in [-0.39, 0.29) is 23.7 Å². The molecule has 1 aromatic heterocycles. The van der Waals surface area contributed by atoms with E-state index in [1.54, 1.807) is 20.8 Å². The van der Waals surface area contributed by atoms with E-state index in [4.69, 9.17) is 9.47 Å². The topological polar surface area (TPSA) is 119 Å². The lowest BCUT2D eigenvalue weighted by Gasteiger charge is -2.26. The molecule has 2 heterocycles. The highest BCUT2D eigenvalue weighted by Gasteiger charge is 2.29. The average Bonchev–Trinajstić information content (AvgIpc) is 2.63. The van der Waals surface area contributed by atoms with E-state index in [1.807, 2.05) is 0 Å². The number of hydrogen-bond donors (Lipinski definition) is 3. The number of nitrogens with one attached hydrogen (secondary N) is 2. The number of fused-ring (bicyclic) bond motifs is 1. The summed E-state index contributed by atoms with van der Waals surface area (Å²) in [5.41, 5.74) is -0.157. The van der Waals surface area contributed by atoms with E-state index in [2.05, 4.69) is 20.4 Å². The van der Waals surface area contributed by atoms with Gasteiger partial charge in [-0.2, -0.15) is 0 Å². The van der Waals surface area contributed by atoms with Crippen molar-refractivity contribution in [3.8, 4) is 5.88 Å². The number of esters is 1. The summed E-state index contributed by atoms with van der Waals surface area (Å²) in [6.45, 7) is 5.26. The number of aliphatic hydroxyl groups is 1. The third-order valence-electron chi connectivity index (χ3n) is 3.04. The Morgan fingerprint density at radius 2 is 2.25 bits per heavy atom. The Morgan fingerprint density at radius 1 is 1.54 bits per heavy atom. The molecule has 24 heavy (non-hydrogen) atoms. The van der Waals surface area contributed by atoms with E-state index in [1.165, 1.54) is 19.4 Å². The van der Waals surface area contributed by atoms with Gasteiger partial charge in [-0.25, -0.2) is 9.78 Å². The minimum atomic E-state index is -1.34. The number of rotatable bonds is 4. The zero-order valence-electron chi connectivity index (χ0n) is 14.0. The molecular formula is C15H21N3O6. The van der Waals surface area contributed by atoms with E-state index >= 15 is 0 Å². The van der Waals surface area contributed by atoms with E-state index in [9.17, 15) is 14.7 Å². The highest BCUT2D eigenvalue weighted by molar-refractivity contribution is 5.98. The number of nitrogens with zero attached hydrogens (tertiary/aromatic N) is 1. The van der Waals surface area contributed by atoms with Crippen LogP contribution in [-0.4, -0.2) is 53.7 Å². The molecule has 2 rings (SSSR count). The molecule has 132 valence electrons. The normalized spacial score (nSPS) is 18.7. The van der Waals surface area contributed by atoms with Crippen molar-refractivity contribution in [3.05, 3.63) is 17.8 Å². The Balaban J connectivity index is 2.09. The Labute approximate surface area is 139 Å². The molecule has 1 aliphatic heterocycles. The summed E-state index contributed by atoms with van der Waals surface area (Å²) >= 11 is 0. The first kappa shape index (κ1) is 18.1. The number of methoxy groups -OCH3 is 1. The van der Waals surface area contributed by atoms with Crippen LogP contribution in [0.3, 0.4) is 0 Å². The van der Waals surface area contributed by atoms with Gasteiger partial charge in [-0.3, -0.25) is 10.1 Å². The molecule has 9 heteroatoms. The first-order valence-electron chi connectivity index (χ1n) is 7.33. The van der Waals surface area contributed by atoms with Crippen LogP contribution in [0.25, 0.3) is 0 Å². The van der Waals surface area contributed by atoms with Crippen LogP contribution in [0.15, 0.2) is 12.3 Å². The minimum absolute atomic E-state index is 0.0615. The fourth-order valence-corrected chi connectivity index (χ4v) is 2.01. The molecule has 0 fully saturated rings. The average molecular weight is 339 g/mol. The lowest BCUT2D eigenvalue weighted by Crippen LogP contribution is -2.50. The maximum atomic E-state index is 12.3. The number of aromatic nitrogens is 1. The van der Waals surface area contributed by atoms with Crippen molar-refractivity contribution in [3.63, 3.8) is 0 Å². The molecule has 3 N–H and O–H groups in total. The number of pyridine rings is 1. The van der Waals surface area contributed by atoms with Crippen molar-refractivity contribution in [2.75, 3.05) is 19.0 Å². The highest BCUT2D eigenvalue weighted by Crippen LogP contribution is 2.25. The molecule has 0 radical (unpaired) electrons. The maximum Gasteiger partial charge on any atom is 0.339 e. The summed E-state index contributed by atoms with van der Waals surface area (Å²) in [6, 6.07) is 0.550. The molecule has 0 spiro atoms. The fourth-order valence-electron chi connectivity index (χ4n) is 2.01. The number of aliphatic hydroxyl groups excluding tert-OH is 1. The van der Waals surface area contributed by atoms with Gasteiger partial charge in [0.25, 0.3) is 0 Å². The molecule has 1 unspecified atom stereocenters. The summed E-state index contributed by atoms with van der Waals surface area (Å²) in [5, 5.41) is 15.1. The van der Waals surface area contributed by atoms with E-state index in [0.717, 1.165) is 0 Å². The Kier molecular flexibility index (Phi) is 5.37. The van der Waals surface area contributed by atoms with Gasteiger partial charge < -0.3 is 24.6 Å². The van der Waals surface area contributed by atoms with Crippen molar-refractivity contribution in [1.29, 1.82) is 0 Å². The zero-order valence-corrected chi connectivity index (χ0v) is 14.0. The maximum absolute atomic E-state index is 12.3. The van der Waals surface area contributed by atoms with Crippen LogP contribution in [0, 0.1) is 0 Å². The predicted molar refractivity (Wildman–Crippen MR) is 83.5 cm³/mol. The predicted octanol–water partition coefficient (Wildman–Crippen LogP) is 0.248. The van der Waals surface area contributed by atoms with Gasteiger partial charge in [0.05, 0.1) is 18.3 Å². The molecule has 1 aliphatic rings. The zero-order chi connectivity index (χ0) is 17.9. The standard InChI is InChI=1S/C15H21N3O6/c1-15(2,3)24-14(21)18-10-7-23-12-9(17-11(10)19)5-8(6-16-12)13(20)22-4/h5-6,10,14,18,21H,7H2,1-4H3,(H,17,19)/t10-,14?/m0/s1. The molecular weight excluding hydrogens is 318 g/mol. The second-order valence-electron chi connectivity index (χ2n) is 6.17. The first-order valence-corrected chi connectivity index (χ1v) is 7.33. The van der Waals surface area contributed by atoms with Gasteiger partial charge in [0.15, 0.2) is 0 Å². The van der Waals surface area contributed by atoms with Crippen molar-refractivity contribution < 1.29 is 28.9 Å². The Bertz CT molecular complexity index is 628. The quantitative estimate of drug-likeness (QED) is 0.527. The van der Waals surface area contributed by atoms with Gasteiger partial charge in [-0.05, 0) is 26.8 Å². The van der Waals surface area contributed by atoms with Gasteiger partial charge in [-0.1, -0.05) is 0 Å². The van der Waals surface area contributed by atoms with Crippen LogP contribution in [0.5, 0.6) is 5.88 Å². The lowest BCUT2D eigenvalue weighted by atomic mass is 10.2. The number of ether oxygens (including phenoxy) is 3. The molecule has 0 bridgehead atoms. The van der Waals surface area contributed by atoms with Crippen LogP contribution in [0.1, 0.15) is 31.1 Å². The summed E-state index contributed by atoms with van der Waals surface area (Å²) in [6.07, 6.45) is -0.0496. The Morgan fingerprint density at radius 3 is 2.88 bits per heavy atom. The van der Waals surface area contributed by atoms with Gasteiger partial charge in [0.1, 0.15) is 18.3 Å². The van der Waals surface area contributed by atoms with E-state index < -0.39 is 29.9 Å². The third-order valence-corrected chi connectivity index (χ3v) is 3.04. The number of carbonyl (C=O) groups is 2. The molecule has 0 aromatic carbocycles. The number of amides is 1. The van der Waals surface area contributed by atoms with Crippen molar-refractivity contribution in [2.24, 2.45) is 0 Å². The first-order chi connectivity index (χ1) is 11.2. The monoisotopic (exact) mass is 339 g/mol. The lowest BCUT2D eigenvalue weighted by molar-refractivity contribution is -0.187. The van der Waals surface area contributed by atoms with Crippen LogP contribution >= 0.6 is 0 Å². The van der Waals surface area contributed by atoms with Gasteiger partial charge in [0, 0.05) is 6.20 Å². The molecule has 9 nitrogen and oxygen atoms in total. The summed E-state index contributed by atoms with van der Waals surface area (Å²) in [4.78, 5) is 27.8. The van der Waals surface area contributed by atoms with Crippen LogP contribution < -0.4 is 15.4 Å². The van der Waals surface area contributed by atoms with Crippen molar-refractivity contribution in [2.45, 2.75) is 38.8 Å². The smallest absolute Gasteiger partial charge is 0.339 e. The Hall–Kier alpha value is -2.23. The minimum Gasteiger partial charge on any atom is -0.474 e.